The van der Waals surface area contributed by atoms with Crippen LogP contribution in [0.3, 0.4) is 0 Å². The molecule has 9 heavy (non-hydrogen) atoms. The Labute approximate surface area is 73.7 Å². The van der Waals surface area contributed by atoms with Gasteiger partial charge in [-0.05, 0) is 0 Å². The molecule has 0 saturated heterocycles. The molecule has 0 aromatic heterocycles. The number of hydrogen-bond donors (Lipinski definition) is 1. The van der Waals surface area contributed by atoms with Gasteiger partial charge in [0.2, 0.25) is 0 Å². The van der Waals surface area contributed by atoms with Gasteiger partial charge in [-0.25, -0.2) is 0 Å². The molecule has 0 aromatic carbocycles. The summed E-state index contributed by atoms with van der Waals surface area (Å²) in [6, 6.07) is 0. The standard InChI is InChI=1S/3CH3.4H2O.Re.Sn/h3*1H3;4*1H2;;/q;;;;;;;;+1/p-1. The summed E-state index contributed by atoms with van der Waals surface area (Å²) in [6.07, 6.45) is 0. The predicted molar refractivity (Wildman–Crippen MR) is 36.4 cm³/mol. The van der Waals surface area contributed by atoms with Gasteiger partial charge < -0.3 is 16.4 Å². The van der Waals surface area contributed by atoms with Crippen molar-refractivity contribution >= 4 is 18.8 Å². The molecule has 6 heteroatoms. The van der Waals surface area contributed by atoms with Gasteiger partial charge in [0.25, 0.3) is 0 Å². The van der Waals surface area contributed by atoms with E-state index in [1.807, 2.05) is 14.8 Å². The van der Waals surface area contributed by atoms with E-state index in [4.69, 9.17) is 3.44 Å². The SMILES string of the molecule is O.O.O.[CH3][Sn]([CH3])([CH3])[OH].[Re]. The van der Waals surface area contributed by atoms with Gasteiger partial charge in [0, 0.05) is 20.4 Å². The van der Waals surface area contributed by atoms with Crippen molar-refractivity contribution in [3.63, 3.8) is 0 Å². The van der Waals surface area contributed by atoms with E-state index in [0.717, 1.165) is 0 Å². The summed E-state index contributed by atoms with van der Waals surface area (Å²) in [7, 11) is 0. The van der Waals surface area contributed by atoms with Crippen LogP contribution in [0.4, 0.5) is 0 Å². The summed E-state index contributed by atoms with van der Waals surface area (Å²) < 4.78 is 8.73. The van der Waals surface area contributed by atoms with E-state index in [9.17, 15) is 0 Å². The molecular weight excluding hydrogens is 405 g/mol. The molecule has 0 bridgehead atoms. The minimum absolute atomic E-state index is 0. The first-order valence-corrected chi connectivity index (χ1v) is 11.6. The van der Waals surface area contributed by atoms with Crippen LogP contribution in [0.1, 0.15) is 0 Å². The summed E-state index contributed by atoms with van der Waals surface area (Å²) >= 11 is -2.18. The molecule has 1 radical (unpaired) electrons. The van der Waals surface area contributed by atoms with E-state index >= 15 is 0 Å². The Morgan fingerprint density at radius 1 is 0.889 bits per heavy atom. The fourth-order valence-electron chi connectivity index (χ4n) is 0. The Balaban J connectivity index is -0.0000000133. The molecule has 0 aromatic rings. The van der Waals surface area contributed by atoms with Crippen molar-refractivity contribution < 1.29 is 40.3 Å². The third-order valence-electron chi connectivity index (χ3n) is 0. The minimum atomic E-state index is -2.18. The maximum atomic E-state index is 8.73. The van der Waals surface area contributed by atoms with Gasteiger partial charge in [0.1, 0.15) is 0 Å². The monoisotopic (exact) mass is 423 g/mol. The second kappa shape index (κ2) is 12.0. The predicted octanol–water partition coefficient (Wildman–Crippen LogP) is -1.66. The zero-order valence-electron chi connectivity index (χ0n) is 5.83. The quantitative estimate of drug-likeness (QED) is 0.464. The minimum Gasteiger partial charge on any atom is 0 e. The normalized spacial score (nSPS) is 6.67. The molecule has 0 unspecified atom stereocenters. The number of rotatable bonds is 0. The van der Waals surface area contributed by atoms with Gasteiger partial charge in [0.15, 0.2) is 0 Å². The van der Waals surface area contributed by atoms with E-state index < -0.39 is 18.8 Å². The van der Waals surface area contributed by atoms with Crippen molar-refractivity contribution in [2.45, 2.75) is 14.8 Å². The van der Waals surface area contributed by atoms with Crippen LogP contribution in [-0.2, 0) is 20.4 Å². The fraction of sp³-hybridized carbons (Fsp3) is 1.00. The molecule has 0 spiro atoms. The summed E-state index contributed by atoms with van der Waals surface area (Å²) in [5, 5.41) is 0. The Morgan fingerprint density at radius 2 is 0.889 bits per heavy atom. The van der Waals surface area contributed by atoms with E-state index in [0.29, 0.717) is 0 Å². The molecule has 0 atom stereocenters. The van der Waals surface area contributed by atoms with Crippen LogP contribution in [0.25, 0.3) is 0 Å². The Kier molecular flexibility index (Phi) is 42.4. The van der Waals surface area contributed by atoms with E-state index in [1.165, 1.54) is 0 Å². The number of hydrogen-bond acceptors (Lipinski definition) is 1. The molecule has 0 rings (SSSR count). The second-order valence-corrected chi connectivity index (χ2v) is 14.6. The summed E-state index contributed by atoms with van der Waals surface area (Å²) in [4.78, 5) is 5.86. The van der Waals surface area contributed by atoms with E-state index in [1.54, 1.807) is 0 Å². The third kappa shape index (κ3) is 293. The summed E-state index contributed by atoms with van der Waals surface area (Å²) in [5.41, 5.74) is 0. The van der Waals surface area contributed by atoms with Gasteiger partial charge in [0.05, 0.1) is 0 Å². The van der Waals surface area contributed by atoms with Crippen molar-refractivity contribution in [3.8, 4) is 0 Å². The third-order valence-corrected chi connectivity index (χ3v) is 0. The molecule has 0 amide bonds. The van der Waals surface area contributed by atoms with Crippen LogP contribution < -0.4 is 0 Å². The van der Waals surface area contributed by atoms with Gasteiger partial charge in [-0.15, -0.1) is 0 Å². The molecule has 0 heterocycles. The first-order valence-electron chi connectivity index (χ1n) is 1.72. The largest absolute Gasteiger partial charge is 0 e. The average molecular weight is 421 g/mol. The zero-order valence-corrected chi connectivity index (χ0v) is 11.4. The van der Waals surface area contributed by atoms with Crippen LogP contribution >= 0.6 is 0 Å². The maximum absolute atomic E-state index is 8.73. The van der Waals surface area contributed by atoms with Gasteiger partial charge >= 0.3 is 37.1 Å². The zero-order chi connectivity index (χ0) is 4.50. The molecule has 0 aliphatic rings. The molecule has 0 aliphatic heterocycles. The van der Waals surface area contributed by atoms with Gasteiger partial charge in [-0.1, -0.05) is 0 Å². The van der Waals surface area contributed by atoms with Crippen LogP contribution in [0.2, 0.25) is 14.8 Å². The first kappa shape index (κ1) is 31.7. The van der Waals surface area contributed by atoms with Gasteiger partial charge in [-0.3, -0.25) is 0 Å². The molecule has 63 valence electrons. The Hall–Kier alpha value is 1.30. The molecule has 7 N–H and O–H groups in total. The van der Waals surface area contributed by atoms with E-state index in [-0.39, 0.29) is 36.9 Å². The van der Waals surface area contributed by atoms with Crippen LogP contribution in [0, 0.1) is 0 Å². The van der Waals surface area contributed by atoms with Crippen molar-refractivity contribution in [1.82, 2.24) is 0 Å². The molecule has 4 nitrogen and oxygen atoms in total. The van der Waals surface area contributed by atoms with Gasteiger partial charge in [-0.2, -0.15) is 0 Å². The second-order valence-electron chi connectivity index (χ2n) is 2.17. The molecular formula is C3H16O4ReSn. The molecule has 0 saturated carbocycles. The summed E-state index contributed by atoms with van der Waals surface area (Å²) in [6.45, 7) is 0. The topological polar surface area (TPSA) is 115 Å². The van der Waals surface area contributed by atoms with Crippen molar-refractivity contribution in [2.24, 2.45) is 0 Å². The maximum Gasteiger partial charge on any atom is 0 e. The fourth-order valence-corrected chi connectivity index (χ4v) is 0. The smallest absolute Gasteiger partial charge is 0 e. The van der Waals surface area contributed by atoms with Crippen LogP contribution in [-0.4, -0.2) is 38.7 Å². The molecule has 0 fully saturated rings. The van der Waals surface area contributed by atoms with Crippen molar-refractivity contribution in [2.75, 3.05) is 0 Å². The molecule has 0 aliphatic carbocycles. The van der Waals surface area contributed by atoms with Crippen molar-refractivity contribution in [3.05, 3.63) is 0 Å². The van der Waals surface area contributed by atoms with Crippen LogP contribution in [0.15, 0.2) is 0 Å². The Bertz CT molecular complexity index is 31.3. The summed E-state index contributed by atoms with van der Waals surface area (Å²) in [5.74, 6) is 0. The van der Waals surface area contributed by atoms with Crippen molar-refractivity contribution in [1.29, 1.82) is 0 Å². The van der Waals surface area contributed by atoms with Crippen LogP contribution in [0.5, 0.6) is 0 Å². The average Bonchev–Trinajstić information content (AvgIpc) is 0.722. The Morgan fingerprint density at radius 3 is 0.889 bits per heavy atom. The van der Waals surface area contributed by atoms with E-state index in [2.05, 4.69) is 0 Å². The first-order chi connectivity index (χ1) is 2.00.